The third-order valence-corrected chi connectivity index (χ3v) is 4.66. The van der Waals surface area contributed by atoms with E-state index in [0.29, 0.717) is 16.9 Å². The van der Waals surface area contributed by atoms with Crippen LogP contribution >= 0.6 is 15.9 Å². The molecule has 0 bridgehead atoms. The maximum absolute atomic E-state index is 12.3. The Hall–Kier alpha value is -3.26. The topological polar surface area (TPSA) is 101 Å². The zero-order chi connectivity index (χ0) is 21.0. The lowest BCUT2D eigenvalue weighted by Crippen LogP contribution is -2.30. The maximum Gasteiger partial charge on any atom is 0.357 e. The highest BCUT2D eigenvalue weighted by Gasteiger charge is 2.21. The van der Waals surface area contributed by atoms with Gasteiger partial charge in [0.1, 0.15) is 5.69 Å². The van der Waals surface area contributed by atoms with Gasteiger partial charge in [-0.15, -0.1) is 0 Å². The molecule has 3 rings (SSSR count). The van der Waals surface area contributed by atoms with Gasteiger partial charge in [-0.2, -0.15) is 5.10 Å². The summed E-state index contributed by atoms with van der Waals surface area (Å²) in [5.74, 6) is -1.31. The summed E-state index contributed by atoms with van der Waals surface area (Å²) in [6.45, 7) is 2.91. The second-order valence-corrected chi connectivity index (χ2v) is 7.26. The lowest BCUT2D eigenvalue weighted by Gasteiger charge is -2.13. The minimum Gasteiger partial charge on any atom is -0.448 e. The van der Waals surface area contributed by atoms with Crippen LogP contribution in [0.25, 0.3) is 11.3 Å². The van der Waals surface area contributed by atoms with E-state index in [9.17, 15) is 14.4 Å². The second-order valence-electron chi connectivity index (χ2n) is 6.35. The third kappa shape index (κ3) is 5.17. The molecule has 0 spiro atoms. The van der Waals surface area contributed by atoms with Crippen LogP contribution in [0.1, 0.15) is 34.7 Å². The van der Waals surface area contributed by atoms with Crippen molar-refractivity contribution in [2.45, 2.75) is 20.0 Å². The number of nitrogens with one attached hydrogen (secondary N) is 2. The quantitative estimate of drug-likeness (QED) is 0.427. The number of aromatic amines is 1. The number of carbonyl (C=O) groups excluding carboxylic acids is 3. The van der Waals surface area contributed by atoms with Gasteiger partial charge in [0.15, 0.2) is 11.9 Å². The van der Waals surface area contributed by atoms with Crippen LogP contribution in [0.2, 0.25) is 0 Å². The molecular weight excluding hydrogens is 438 g/mol. The number of H-pyrrole nitrogens is 1. The summed E-state index contributed by atoms with van der Waals surface area (Å²) in [6, 6.07) is 15.6. The van der Waals surface area contributed by atoms with E-state index in [2.05, 4.69) is 31.4 Å². The molecule has 1 heterocycles. The molecule has 1 aromatic heterocycles. The summed E-state index contributed by atoms with van der Waals surface area (Å²) in [4.78, 5) is 36.1. The summed E-state index contributed by atoms with van der Waals surface area (Å²) in [5.41, 5.74) is 2.48. The summed E-state index contributed by atoms with van der Waals surface area (Å²) in [6.07, 6.45) is -1.04. The number of halogens is 1. The number of carbonyl (C=O) groups is 3. The number of esters is 1. The van der Waals surface area contributed by atoms with E-state index in [1.807, 2.05) is 24.3 Å². The zero-order valence-electron chi connectivity index (χ0n) is 15.7. The molecule has 0 radical (unpaired) electrons. The van der Waals surface area contributed by atoms with Crippen molar-refractivity contribution in [3.63, 3.8) is 0 Å². The van der Waals surface area contributed by atoms with Crippen LogP contribution in [0.15, 0.2) is 59.1 Å². The van der Waals surface area contributed by atoms with Crippen molar-refractivity contribution in [1.82, 2.24) is 10.2 Å². The molecule has 7 nitrogen and oxygen atoms in total. The first-order chi connectivity index (χ1) is 13.8. The Labute approximate surface area is 175 Å². The van der Waals surface area contributed by atoms with E-state index in [1.165, 1.54) is 13.8 Å². The summed E-state index contributed by atoms with van der Waals surface area (Å²) in [5, 5.41) is 9.37. The van der Waals surface area contributed by atoms with E-state index in [0.717, 1.165) is 10.0 Å². The number of ketones is 1. The van der Waals surface area contributed by atoms with E-state index < -0.39 is 18.0 Å². The molecule has 3 aromatic rings. The largest absolute Gasteiger partial charge is 0.448 e. The molecule has 0 saturated heterocycles. The third-order valence-electron chi connectivity index (χ3n) is 4.13. The van der Waals surface area contributed by atoms with Gasteiger partial charge in [0, 0.05) is 21.3 Å². The van der Waals surface area contributed by atoms with Gasteiger partial charge in [-0.25, -0.2) is 4.79 Å². The average molecular weight is 456 g/mol. The number of benzene rings is 2. The number of rotatable bonds is 6. The fourth-order valence-electron chi connectivity index (χ4n) is 2.53. The van der Waals surface area contributed by atoms with Crippen molar-refractivity contribution < 1.29 is 19.1 Å². The Bertz CT molecular complexity index is 1060. The summed E-state index contributed by atoms with van der Waals surface area (Å²) in [7, 11) is 0. The van der Waals surface area contributed by atoms with Gasteiger partial charge in [0.2, 0.25) is 0 Å². The summed E-state index contributed by atoms with van der Waals surface area (Å²) < 4.78 is 6.16. The van der Waals surface area contributed by atoms with Crippen LogP contribution in [0.3, 0.4) is 0 Å². The van der Waals surface area contributed by atoms with E-state index in [-0.39, 0.29) is 11.5 Å². The Morgan fingerprint density at radius 2 is 1.83 bits per heavy atom. The van der Waals surface area contributed by atoms with Gasteiger partial charge < -0.3 is 10.1 Å². The highest BCUT2D eigenvalue weighted by molar-refractivity contribution is 9.10. The monoisotopic (exact) mass is 455 g/mol. The fraction of sp³-hybridized carbons (Fsp3) is 0.143. The van der Waals surface area contributed by atoms with Gasteiger partial charge in [0.25, 0.3) is 5.91 Å². The highest BCUT2D eigenvalue weighted by atomic mass is 79.9. The van der Waals surface area contributed by atoms with E-state index in [4.69, 9.17) is 4.74 Å². The molecule has 0 aliphatic heterocycles. The van der Waals surface area contributed by atoms with Gasteiger partial charge in [0.05, 0.1) is 5.69 Å². The van der Waals surface area contributed by atoms with Gasteiger partial charge in [-0.1, -0.05) is 40.2 Å². The highest BCUT2D eigenvalue weighted by Crippen LogP contribution is 2.21. The Kier molecular flexibility index (Phi) is 6.23. The number of hydrogen-bond acceptors (Lipinski definition) is 5. The summed E-state index contributed by atoms with van der Waals surface area (Å²) >= 11 is 3.36. The normalized spacial score (nSPS) is 11.6. The van der Waals surface area contributed by atoms with Crippen LogP contribution in [-0.2, 0) is 9.53 Å². The number of amides is 1. The Morgan fingerprint density at radius 3 is 2.52 bits per heavy atom. The van der Waals surface area contributed by atoms with Crippen molar-refractivity contribution >= 4 is 39.3 Å². The molecule has 8 heteroatoms. The standard InChI is InChI=1S/C21H18BrN3O4/c1-12(26)15-4-3-5-17(10-15)23-20(27)13(2)29-21(28)19-11-18(24-25-19)14-6-8-16(22)9-7-14/h3-11,13H,1-2H3,(H,23,27)(H,24,25). The smallest absolute Gasteiger partial charge is 0.357 e. The van der Waals surface area contributed by atoms with Gasteiger partial charge in [-0.3, -0.25) is 14.7 Å². The first-order valence-corrected chi connectivity index (χ1v) is 9.57. The number of ether oxygens (including phenoxy) is 1. The number of Topliss-reactive ketones (excluding diaryl/α,β-unsaturated/α-hetero) is 1. The molecule has 148 valence electrons. The van der Waals surface area contributed by atoms with Crippen LogP contribution < -0.4 is 5.32 Å². The molecule has 1 amide bonds. The molecule has 29 heavy (non-hydrogen) atoms. The number of anilines is 1. The lowest BCUT2D eigenvalue weighted by atomic mass is 10.1. The SMILES string of the molecule is CC(=O)c1cccc(NC(=O)C(C)OC(=O)c2cc(-c3ccc(Br)cc3)n[nH]2)c1. The molecule has 1 atom stereocenters. The predicted molar refractivity (Wildman–Crippen MR) is 112 cm³/mol. The molecule has 2 aromatic carbocycles. The van der Waals surface area contributed by atoms with E-state index >= 15 is 0 Å². The maximum atomic E-state index is 12.3. The molecular formula is C21H18BrN3O4. The molecule has 1 unspecified atom stereocenters. The first-order valence-electron chi connectivity index (χ1n) is 8.77. The van der Waals surface area contributed by atoms with Crippen molar-refractivity contribution in [1.29, 1.82) is 0 Å². The molecule has 0 saturated carbocycles. The fourth-order valence-corrected chi connectivity index (χ4v) is 2.80. The minimum absolute atomic E-state index is 0.110. The number of nitrogens with zero attached hydrogens (tertiary/aromatic N) is 1. The molecule has 0 aliphatic carbocycles. The van der Waals surface area contributed by atoms with Crippen LogP contribution in [0, 0.1) is 0 Å². The predicted octanol–water partition coefficient (Wildman–Crippen LogP) is 4.23. The molecule has 2 N–H and O–H groups in total. The van der Waals surface area contributed by atoms with Crippen molar-refractivity contribution in [2.24, 2.45) is 0 Å². The number of hydrogen-bond donors (Lipinski definition) is 2. The average Bonchev–Trinajstić information content (AvgIpc) is 3.19. The second kappa shape index (κ2) is 8.83. The van der Waals surface area contributed by atoms with Crippen molar-refractivity contribution in [3.05, 3.63) is 70.3 Å². The van der Waals surface area contributed by atoms with Crippen LogP contribution in [0.5, 0.6) is 0 Å². The van der Waals surface area contributed by atoms with Crippen LogP contribution in [-0.4, -0.2) is 34.0 Å². The van der Waals surface area contributed by atoms with Gasteiger partial charge in [-0.05, 0) is 44.2 Å². The minimum atomic E-state index is -1.04. The van der Waals surface area contributed by atoms with E-state index in [1.54, 1.807) is 30.3 Å². The Balaban J connectivity index is 1.63. The zero-order valence-corrected chi connectivity index (χ0v) is 17.3. The first kappa shape index (κ1) is 20.5. The molecule has 0 aliphatic rings. The van der Waals surface area contributed by atoms with Crippen LogP contribution in [0.4, 0.5) is 5.69 Å². The Morgan fingerprint density at radius 1 is 1.10 bits per heavy atom. The molecule has 0 fully saturated rings. The van der Waals surface area contributed by atoms with Crippen molar-refractivity contribution in [3.8, 4) is 11.3 Å². The lowest BCUT2D eigenvalue weighted by molar-refractivity contribution is -0.123. The number of aromatic nitrogens is 2. The van der Waals surface area contributed by atoms with Crippen molar-refractivity contribution in [2.75, 3.05) is 5.32 Å². The van der Waals surface area contributed by atoms with Gasteiger partial charge >= 0.3 is 5.97 Å².